The average molecular weight is 339 g/mol. The summed E-state index contributed by atoms with van der Waals surface area (Å²) in [5.74, 6) is 1.13. The smallest absolute Gasteiger partial charge is 0.274 e. The number of nitrogens with zero attached hydrogens (tertiary/aromatic N) is 2. The van der Waals surface area contributed by atoms with E-state index in [1.807, 2.05) is 31.2 Å². The summed E-state index contributed by atoms with van der Waals surface area (Å²) in [6, 6.07) is 9.31. The van der Waals surface area contributed by atoms with Crippen molar-refractivity contribution in [3.8, 4) is 0 Å². The number of amides is 2. The fraction of sp³-hybridized carbons (Fsp3) is 0.316. The Hall–Kier alpha value is -2.89. The molecule has 1 N–H and O–H groups in total. The zero-order valence-electron chi connectivity index (χ0n) is 14.6. The number of hydrazone groups is 1. The largest absolute Gasteiger partial charge is 0.466 e. The summed E-state index contributed by atoms with van der Waals surface area (Å²) in [6.07, 6.45) is 1.52. The molecule has 2 heterocycles. The van der Waals surface area contributed by atoms with E-state index in [-0.39, 0.29) is 11.8 Å². The lowest BCUT2D eigenvalue weighted by atomic mass is 10.1. The Morgan fingerprint density at radius 3 is 2.52 bits per heavy atom. The van der Waals surface area contributed by atoms with Gasteiger partial charge in [-0.05, 0) is 51.0 Å². The fourth-order valence-corrected chi connectivity index (χ4v) is 2.92. The highest BCUT2D eigenvalue weighted by Gasteiger charge is 2.21. The van der Waals surface area contributed by atoms with Gasteiger partial charge in [-0.3, -0.25) is 9.59 Å². The first kappa shape index (κ1) is 17.0. The van der Waals surface area contributed by atoms with Crippen LogP contribution < -0.4 is 10.3 Å². The molecule has 1 saturated heterocycles. The minimum atomic E-state index is -0.298. The minimum absolute atomic E-state index is 0.163. The number of hydrogen-bond donors (Lipinski definition) is 1. The van der Waals surface area contributed by atoms with Crippen LogP contribution in [0.3, 0.4) is 0 Å². The Bertz CT molecular complexity index is 834. The van der Waals surface area contributed by atoms with Crippen molar-refractivity contribution in [2.75, 3.05) is 11.4 Å². The molecule has 1 aliphatic heterocycles. The van der Waals surface area contributed by atoms with Gasteiger partial charge in [-0.1, -0.05) is 12.1 Å². The number of carbonyl (C=O) groups is 2. The van der Waals surface area contributed by atoms with Crippen molar-refractivity contribution in [3.63, 3.8) is 0 Å². The molecule has 0 spiro atoms. The maximum absolute atomic E-state index is 12.2. The molecule has 1 aromatic heterocycles. The summed E-state index contributed by atoms with van der Waals surface area (Å²) >= 11 is 0. The van der Waals surface area contributed by atoms with Crippen LogP contribution in [-0.4, -0.2) is 24.1 Å². The van der Waals surface area contributed by atoms with Crippen molar-refractivity contribution in [1.82, 2.24) is 5.43 Å². The average Bonchev–Trinajstić information content (AvgIpc) is 3.17. The summed E-state index contributed by atoms with van der Waals surface area (Å²) in [6.45, 7) is 6.14. The summed E-state index contributed by atoms with van der Waals surface area (Å²) in [5, 5.41) is 4.16. The summed E-state index contributed by atoms with van der Waals surface area (Å²) in [7, 11) is 0. The van der Waals surface area contributed by atoms with Gasteiger partial charge in [0.2, 0.25) is 5.91 Å². The number of benzene rings is 1. The molecule has 6 heteroatoms. The van der Waals surface area contributed by atoms with Gasteiger partial charge in [-0.25, -0.2) is 5.43 Å². The predicted molar refractivity (Wildman–Crippen MR) is 95.9 cm³/mol. The Labute approximate surface area is 146 Å². The van der Waals surface area contributed by atoms with E-state index in [1.165, 1.54) is 0 Å². The number of aryl methyl sites for hydroxylation is 2. The molecule has 2 amide bonds. The van der Waals surface area contributed by atoms with Crippen molar-refractivity contribution in [3.05, 3.63) is 53.0 Å². The first-order valence-electron chi connectivity index (χ1n) is 8.28. The van der Waals surface area contributed by atoms with Crippen LogP contribution in [0.5, 0.6) is 0 Å². The number of nitrogens with one attached hydrogen (secondary N) is 1. The maximum atomic E-state index is 12.2. The minimum Gasteiger partial charge on any atom is -0.466 e. The second kappa shape index (κ2) is 6.93. The van der Waals surface area contributed by atoms with Crippen molar-refractivity contribution in [2.24, 2.45) is 5.10 Å². The molecular formula is C19H21N3O3. The van der Waals surface area contributed by atoms with Crippen LogP contribution in [0.15, 0.2) is 39.9 Å². The topological polar surface area (TPSA) is 74.9 Å². The van der Waals surface area contributed by atoms with Gasteiger partial charge in [0.15, 0.2) is 0 Å². The number of anilines is 1. The van der Waals surface area contributed by atoms with E-state index < -0.39 is 0 Å². The van der Waals surface area contributed by atoms with Gasteiger partial charge in [0.1, 0.15) is 11.5 Å². The van der Waals surface area contributed by atoms with Gasteiger partial charge >= 0.3 is 0 Å². The molecule has 25 heavy (non-hydrogen) atoms. The maximum Gasteiger partial charge on any atom is 0.274 e. The highest BCUT2D eigenvalue weighted by molar-refractivity contribution is 6.02. The van der Waals surface area contributed by atoms with Crippen LogP contribution in [0.25, 0.3) is 0 Å². The zero-order valence-corrected chi connectivity index (χ0v) is 14.6. The first-order chi connectivity index (χ1) is 12.0. The Morgan fingerprint density at radius 2 is 1.96 bits per heavy atom. The summed E-state index contributed by atoms with van der Waals surface area (Å²) < 4.78 is 5.36. The molecular weight excluding hydrogens is 318 g/mol. The molecule has 0 radical (unpaired) electrons. The lowest BCUT2D eigenvalue weighted by Crippen LogP contribution is -2.23. The van der Waals surface area contributed by atoms with E-state index in [9.17, 15) is 9.59 Å². The number of furan rings is 1. The van der Waals surface area contributed by atoms with Gasteiger partial charge < -0.3 is 9.32 Å². The summed E-state index contributed by atoms with van der Waals surface area (Å²) in [4.78, 5) is 25.7. The number of carbonyl (C=O) groups excluding carboxylic acids is 2. The molecule has 0 atom stereocenters. The Morgan fingerprint density at radius 1 is 1.24 bits per heavy atom. The van der Waals surface area contributed by atoms with Crippen LogP contribution in [0, 0.1) is 13.8 Å². The van der Waals surface area contributed by atoms with Crippen molar-refractivity contribution in [1.29, 1.82) is 0 Å². The molecule has 1 fully saturated rings. The molecule has 0 aliphatic carbocycles. The second-order valence-corrected chi connectivity index (χ2v) is 6.16. The van der Waals surface area contributed by atoms with Crippen LogP contribution >= 0.6 is 0 Å². The molecule has 130 valence electrons. The van der Waals surface area contributed by atoms with E-state index >= 15 is 0 Å². The predicted octanol–water partition coefficient (Wildman–Crippen LogP) is 3.18. The van der Waals surface area contributed by atoms with Gasteiger partial charge in [-0.15, -0.1) is 0 Å². The molecule has 0 saturated carbocycles. The van der Waals surface area contributed by atoms with Crippen LogP contribution in [0.4, 0.5) is 5.69 Å². The van der Waals surface area contributed by atoms with Crippen molar-refractivity contribution >= 4 is 23.2 Å². The standard InChI is InChI=1S/C19H21N3O3/c1-12-11-17(14(3)25-12)19(24)21-20-13(2)15-6-8-16(9-7-15)22-10-4-5-18(22)23/h6-9,11H,4-5,10H2,1-3H3,(H,21,24)/b20-13-. The van der Waals surface area contributed by atoms with E-state index in [2.05, 4.69) is 10.5 Å². The van der Waals surface area contributed by atoms with E-state index in [0.717, 1.165) is 24.2 Å². The number of hydrogen-bond acceptors (Lipinski definition) is 4. The van der Waals surface area contributed by atoms with Crippen molar-refractivity contribution < 1.29 is 14.0 Å². The molecule has 0 bridgehead atoms. The summed E-state index contributed by atoms with van der Waals surface area (Å²) in [5.41, 5.74) is 5.50. The highest BCUT2D eigenvalue weighted by Crippen LogP contribution is 2.21. The zero-order chi connectivity index (χ0) is 18.0. The molecule has 1 aliphatic rings. The van der Waals surface area contributed by atoms with E-state index in [0.29, 0.717) is 29.2 Å². The second-order valence-electron chi connectivity index (χ2n) is 6.16. The molecule has 1 aromatic carbocycles. The Kier molecular flexibility index (Phi) is 4.70. The Balaban J connectivity index is 1.69. The third-order valence-electron chi connectivity index (χ3n) is 4.28. The quantitative estimate of drug-likeness (QED) is 0.687. The normalized spacial score (nSPS) is 14.9. The lowest BCUT2D eigenvalue weighted by molar-refractivity contribution is -0.117. The van der Waals surface area contributed by atoms with Crippen LogP contribution in [-0.2, 0) is 4.79 Å². The SMILES string of the molecule is C/C(=N/NC(=O)c1cc(C)oc1C)c1ccc(N2CCCC2=O)cc1. The molecule has 6 nitrogen and oxygen atoms in total. The van der Waals surface area contributed by atoms with E-state index in [1.54, 1.807) is 24.8 Å². The molecule has 0 unspecified atom stereocenters. The van der Waals surface area contributed by atoms with Crippen LogP contribution in [0.2, 0.25) is 0 Å². The third-order valence-corrected chi connectivity index (χ3v) is 4.28. The fourth-order valence-electron chi connectivity index (χ4n) is 2.92. The van der Waals surface area contributed by atoms with Crippen LogP contribution in [0.1, 0.15) is 47.2 Å². The van der Waals surface area contributed by atoms with Gasteiger partial charge in [-0.2, -0.15) is 5.10 Å². The monoisotopic (exact) mass is 339 g/mol. The van der Waals surface area contributed by atoms with Crippen molar-refractivity contribution in [2.45, 2.75) is 33.6 Å². The number of rotatable bonds is 4. The molecule has 3 rings (SSSR count). The molecule has 2 aromatic rings. The van der Waals surface area contributed by atoms with E-state index in [4.69, 9.17) is 4.42 Å². The van der Waals surface area contributed by atoms with Gasteiger partial charge in [0, 0.05) is 18.7 Å². The third kappa shape index (κ3) is 3.63. The first-order valence-corrected chi connectivity index (χ1v) is 8.28. The lowest BCUT2D eigenvalue weighted by Gasteiger charge is -2.15. The van der Waals surface area contributed by atoms with Gasteiger partial charge in [0.25, 0.3) is 5.91 Å². The van der Waals surface area contributed by atoms with Gasteiger partial charge in [0.05, 0.1) is 11.3 Å². The highest BCUT2D eigenvalue weighted by atomic mass is 16.3.